The Bertz CT molecular complexity index is 730. The van der Waals surface area contributed by atoms with Crippen LogP contribution in [0, 0.1) is 0 Å². The van der Waals surface area contributed by atoms with Crippen molar-refractivity contribution in [3.63, 3.8) is 0 Å². The Morgan fingerprint density at radius 2 is 1.86 bits per heavy atom. The van der Waals surface area contributed by atoms with E-state index >= 15 is 0 Å². The van der Waals surface area contributed by atoms with Crippen molar-refractivity contribution in [3.05, 3.63) is 35.4 Å². The molecule has 9 heteroatoms. The molecule has 1 fully saturated rings. The van der Waals surface area contributed by atoms with Crippen molar-refractivity contribution >= 4 is 40.0 Å². The molecular formula is C19H33IN4O3S. The standard InChI is InChI=1S/C19H32N4O3S.HI/c1-15(2)23-27(24,25)13-17-8-6-16(7-9-17)12-21-18(20-4)22-14-19(3)10-5-11-26-19;/h6-9,15,23H,5,10-14H2,1-4H3,(H2,20,21,22);1H. The third-order valence-electron chi connectivity index (χ3n) is 4.41. The van der Waals surface area contributed by atoms with Crippen LogP contribution >= 0.6 is 24.0 Å². The second-order valence-electron chi connectivity index (χ2n) is 7.53. The van der Waals surface area contributed by atoms with E-state index in [0.29, 0.717) is 13.1 Å². The summed E-state index contributed by atoms with van der Waals surface area (Å²) < 4.78 is 32.4. The van der Waals surface area contributed by atoms with Crippen LogP contribution < -0.4 is 15.4 Å². The smallest absolute Gasteiger partial charge is 0.216 e. The van der Waals surface area contributed by atoms with Gasteiger partial charge in [0.05, 0.1) is 11.4 Å². The lowest BCUT2D eigenvalue weighted by molar-refractivity contribution is 0.0243. The van der Waals surface area contributed by atoms with Crippen molar-refractivity contribution in [1.82, 2.24) is 15.4 Å². The van der Waals surface area contributed by atoms with Crippen molar-refractivity contribution in [1.29, 1.82) is 0 Å². The van der Waals surface area contributed by atoms with Crippen LogP contribution in [0.3, 0.4) is 0 Å². The van der Waals surface area contributed by atoms with Crippen molar-refractivity contribution in [2.24, 2.45) is 4.99 Å². The van der Waals surface area contributed by atoms with E-state index in [4.69, 9.17) is 4.74 Å². The number of benzene rings is 1. The lowest BCUT2D eigenvalue weighted by Gasteiger charge is -2.24. The Labute approximate surface area is 186 Å². The lowest BCUT2D eigenvalue weighted by atomic mass is 10.0. The molecule has 3 N–H and O–H groups in total. The van der Waals surface area contributed by atoms with E-state index in [0.717, 1.165) is 36.5 Å². The van der Waals surface area contributed by atoms with Gasteiger partial charge in [0.25, 0.3) is 0 Å². The SMILES string of the molecule is CN=C(NCc1ccc(CS(=O)(=O)NC(C)C)cc1)NCC1(C)CCCO1.I. The van der Waals surface area contributed by atoms with Gasteiger partial charge in [-0.2, -0.15) is 0 Å². The first kappa shape index (κ1) is 25.1. The molecule has 1 aromatic carbocycles. The number of aliphatic imine (C=N–C) groups is 1. The molecule has 28 heavy (non-hydrogen) atoms. The van der Waals surface area contributed by atoms with E-state index < -0.39 is 10.0 Å². The van der Waals surface area contributed by atoms with Gasteiger partial charge in [-0.1, -0.05) is 24.3 Å². The van der Waals surface area contributed by atoms with E-state index in [1.807, 2.05) is 38.1 Å². The predicted octanol–water partition coefficient (Wildman–Crippen LogP) is 2.37. The minimum Gasteiger partial charge on any atom is -0.373 e. The largest absolute Gasteiger partial charge is 0.373 e. The number of hydrogen-bond donors (Lipinski definition) is 3. The van der Waals surface area contributed by atoms with Crippen LogP contribution in [0.4, 0.5) is 0 Å². The van der Waals surface area contributed by atoms with Crippen LogP contribution in [0.1, 0.15) is 44.7 Å². The summed E-state index contributed by atoms with van der Waals surface area (Å²) in [6.07, 6.45) is 2.14. The Kier molecular flexibility index (Phi) is 10.2. The van der Waals surface area contributed by atoms with Gasteiger partial charge >= 0.3 is 0 Å². The van der Waals surface area contributed by atoms with Crippen LogP contribution in [0.15, 0.2) is 29.3 Å². The number of nitrogens with zero attached hydrogens (tertiary/aromatic N) is 1. The maximum absolute atomic E-state index is 12.0. The summed E-state index contributed by atoms with van der Waals surface area (Å²) in [5, 5.41) is 6.58. The lowest BCUT2D eigenvalue weighted by Crippen LogP contribution is -2.45. The Morgan fingerprint density at radius 1 is 1.21 bits per heavy atom. The molecule has 1 unspecified atom stereocenters. The summed E-state index contributed by atoms with van der Waals surface area (Å²) in [5.41, 5.74) is 1.69. The highest BCUT2D eigenvalue weighted by Crippen LogP contribution is 2.23. The molecule has 1 aliphatic heterocycles. The van der Waals surface area contributed by atoms with Gasteiger partial charge in [0.1, 0.15) is 0 Å². The quantitative estimate of drug-likeness (QED) is 0.276. The van der Waals surface area contributed by atoms with Crippen molar-refractivity contribution in [2.75, 3.05) is 20.2 Å². The maximum Gasteiger partial charge on any atom is 0.216 e. The first-order chi connectivity index (χ1) is 12.7. The minimum atomic E-state index is -3.30. The van der Waals surface area contributed by atoms with Crippen LogP contribution in [-0.2, 0) is 27.1 Å². The third kappa shape index (κ3) is 8.62. The Morgan fingerprint density at radius 3 is 2.39 bits per heavy atom. The number of rotatable bonds is 8. The molecule has 0 aromatic heterocycles. The molecule has 0 amide bonds. The van der Waals surface area contributed by atoms with Gasteiger partial charge in [0, 0.05) is 32.8 Å². The Hall–Kier alpha value is -0.910. The van der Waals surface area contributed by atoms with Crippen molar-refractivity contribution < 1.29 is 13.2 Å². The van der Waals surface area contributed by atoms with Gasteiger partial charge in [0.15, 0.2) is 5.96 Å². The molecular weight excluding hydrogens is 491 g/mol. The topological polar surface area (TPSA) is 91.8 Å². The summed E-state index contributed by atoms with van der Waals surface area (Å²) in [7, 11) is -1.57. The molecule has 1 aromatic rings. The molecule has 1 saturated heterocycles. The Balaban J connectivity index is 0.00000392. The van der Waals surface area contributed by atoms with E-state index in [-0.39, 0.29) is 41.4 Å². The van der Waals surface area contributed by atoms with Gasteiger partial charge in [-0.25, -0.2) is 13.1 Å². The molecule has 0 bridgehead atoms. The highest BCUT2D eigenvalue weighted by molar-refractivity contribution is 14.0. The minimum absolute atomic E-state index is 0. The highest BCUT2D eigenvalue weighted by Gasteiger charge is 2.29. The maximum atomic E-state index is 12.0. The van der Waals surface area contributed by atoms with Gasteiger partial charge in [-0.15, -0.1) is 24.0 Å². The van der Waals surface area contributed by atoms with Gasteiger partial charge in [-0.3, -0.25) is 4.99 Å². The fourth-order valence-electron chi connectivity index (χ4n) is 3.03. The molecule has 1 heterocycles. The first-order valence-electron chi connectivity index (χ1n) is 9.38. The molecule has 160 valence electrons. The fourth-order valence-corrected chi connectivity index (χ4v) is 4.46. The van der Waals surface area contributed by atoms with E-state index in [9.17, 15) is 8.42 Å². The van der Waals surface area contributed by atoms with E-state index in [1.165, 1.54) is 0 Å². The number of sulfonamides is 1. The van der Waals surface area contributed by atoms with Gasteiger partial charge in [-0.05, 0) is 44.7 Å². The highest BCUT2D eigenvalue weighted by atomic mass is 127. The summed E-state index contributed by atoms with van der Waals surface area (Å²) in [4.78, 5) is 4.24. The van der Waals surface area contributed by atoms with Gasteiger partial charge < -0.3 is 15.4 Å². The monoisotopic (exact) mass is 524 g/mol. The average molecular weight is 524 g/mol. The summed E-state index contributed by atoms with van der Waals surface area (Å²) >= 11 is 0. The molecule has 0 radical (unpaired) electrons. The fraction of sp³-hybridized carbons (Fsp3) is 0.632. The molecule has 0 saturated carbocycles. The number of hydrogen-bond acceptors (Lipinski definition) is 4. The second-order valence-corrected chi connectivity index (χ2v) is 9.28. The molecule has 7 nitrogen and oxygen atoms in total. The number of nitrogens with one attached hydrogen (secondary N) is 3. The summed E-state index contributed by atoms with van der Waals surface area (Å²) in [5.74, 6) is 0.709. The zero-order chi connectivity index (χ0) is 19.9. The van der Waals surface area contributed by atoms with Crippen LogP contribution in [0.25, 0.3) is 0 Å². The molecule has 1 aliphatic rings. The molecule has 0 aliphatic carbocycles. The van der Waals surface area contributed by atoms with Crippen molar-refractivity contribution in [2.45, 2.75) is 57.6 Å². The third-order valence-corrected chi connectivity index (χ3v) is 5.95. The predicted molar refractivity (Wildman–Crippen MR) is 125 cm³/mol. The van der Waals surface area contributed by atoms with Crippen LogP contribution in [0.2, 0.25) is 0 Å². The van der Waals surface area contributed by atoms with E-state index in [1.54, 1.807) is 7.05 Å². The summed E-state index contributed by atoms with van der Waals surface area (Å²) in [6, 6.07) is 7.46. The summed E-state index contributed by atoms with van der Waals surface area (Å²) in [6.45, 7) is 7.87. The molecule has 1 atom stereocenters. The van der Waals surface area contributed by atoms with Gasteiger partial charge in [0.2, 0.25) is 10.0 Å². The zero-order valence-corrected chi connectivity index (χ0v) is 20.3. The number of guanidine groups is 1. The number of ether oxygens (including phenoxy) is 1. The molecule has 2 rings (SSSR count). The van der Waals surface area contributed by atoms with E-state index in [2.05, 4.69) is 27.3 Å². The second kappa shape index (κ2) is 11.3. The van der Waals surface area contributed by atoms with Crippen LogP contribution in [0.5, 0.6) is 0 Å². The first-order valence-corrected chi connectivity index (χ1v) is 11.0. The number of halogens is 1. The molecule has 0 spiro atoms. The zero-order valence-electron chi connectivity index (χ0n) is 17.1. The van der Waals surface area contributed by atoms with Crippen LogP contribution in [-0.4, -0.2) is 46.2 Å². The normalized spacial score (nSPS) is 20.1. The van der Waals surface area contributed by atoms with Crippen molar-refractivity contribution in [3.8, 4) is 0 Å². The average Bonchev–Trinajstić information content (AvgIpc) is 3.02.